The van der Waals surface area contributed by atoms with Gasteiger partial charge >= 0.3 is 0 Å². The van der Waals surface area contributed by atoms with Gasteiger partial charge < -0.3 is 10.5 Å². The first kappa shape index (κ1) is 9.23. The van der Waals surface area contributed by atoms with Gasteiger partial charge in [-0.3, -0.25) is 0 Å². The van der Waals surface area contributed by atoms with Gasteiger partial charge in [0.25, 0.3) is 0 Å². The van der Waals surface area contributed by atoms with Crippen molar-refractivity contribution in [3.05, 3.63) is 35.9 Å². The lowest BCUT2D eigenvalue weighted by Crippen LogP contribution is -2.12. The molecule has 1 aromatic carbocycles. The normalized spacial score (nSPS) is 12.8. The molecule has 0 spiro atoms. The van der Waals surface area contributed by atoms with Gasteiger partial charge in [-0.25, -0.2) is 0 Å². The van der Waals surface area contributed by atoms with Gasteiger partial charge in [-0.15, -0.1) is 0 Å². The predicted octanol–water partition coefficient (Wildman–Crippen LogP) is 1.52. The zero-order valence-corrected chi connectivity index (χ0v) is 7.29. The van der Waals surface area contributed by atoms with E-state index in [9.17, 15) is 0 Å². The van der Waals surface area contributed by atoms with E-state index in [0.29, 0.717) is 6.61 Å². The van der Waals surface area contributed by atoms with Crippen molar-refractivity contribution in [2.24, 2.45) is 5.73 Å². The van der Waals surface area contributed by atoms with Crippen LogP contribution in [0.4, 0.5) is 0 Å². The molecule has 2 nitrogen and oxygen atoms in total. The Kier molecular flexibility index (Phi) is 3.77. The molecular weight excluding hydrogens is 150 g/mol. The quantitative estimate of drug-likeness (QED) is 0.732. The van der Waals surface area contributed by atoms with E-state index in [1.807, 2.05) is 24.3 Å². The van der Waals surface area contributed by atoms with Gasteiger partial charge in [0.1, 0.15) is 0 Å². The van der Waals surface area contributed by atoms with Crippen LogP contribution in [-0.2, 0) is 4.74 Å². The van der Waals surface area contributed by atoms with Crippen molar-refractivity contribution in [1.82, 2.24) is 0 Å². The van der Waals surface area contributed by atoms with Crippen molar-refractivity contribution in [2.75, 3.05) is 13.7 Å². The summed E-state index contributed by atoms with van der Waals surface area (Å²) in [7, 11) is 1.68. The maximum atomic E-state index is 5.88. The Hall–Kier alpha value is -0.860. The maximum Gasteiger partial charge on any atom is 0.0480 e. The van der Waals surface area contributed by atoms with Crippen LogP contribution in [0.15, 0.2) is 24.3 Å². The first-order valence-electron chi connectivity index (χ1n) is 4.05. The van der Waals surface area contributed by atoms with Gasteiger partial charge in [0.15, 0.2) is 0 Å². The fourth-order valence-corrected chi connectivity index (χ4v) is 1.05. The Morgan fingerprint density at radius 3 is 3.08 bits per heavy atom. The molecular formula is C10H14NO. The third-order valence-electron chi connectivity index (χ3n) is 1.79. The molecule has 0 saturated heterocycles. The summed E-state index contributed by atoms with van der Waals surface area (Å²) in [5.41, 5.74) is 7.00. The molecule has 2 N–H and O–H groups in total. The van der Waals surface area contributed by atoms with Crippen LogP contribution in [-0.4, -0.2) is 13.7 Å². The number of benzene rings is 1. The molecule has 1 aromatic rings. The van der Waals surface area contributed by atoms with Gasteiger partial charge in [-0.2, -0.15) is 0 Å². The van der Waals surface area contributed by atoms with Gasteiger partial charge in [0.05, 0.1) is 0 Å². The third kappa shape index (κ3) is 2.64. The van der Waals surface area contributed by atoms with Crippen LogP contribution >= 0.6 is 0 Å². The van der Waals surface area contributed by atoms with Crippen LogP contribution in [0.25, 0.3) is 0 Å². The summed E-state index contributed by atoms with van der Waals surface area (Å²) < 4.78 is 4.94. The lowest BCUT2D eigenvalue weighted by molar-refractivity contribution is 0.188. The molecule has 0 aromatic heterocycles. The number of methoxy groups -OCH3 is 1. The highest BCUT2D eigenvalue weighted by Gasteiger charge is 2.03. The Bertz CT molecular complexity index is 210. The lowest BCUT2D eigenvalue weighted by atomic mass is 10.1. The highest BCUT2D eigenvalue weighted by Crippen LogP contribution is 2.12. The van der Waals surface area contributed by atoms with E-state index >= 15 is 0 Å². The molecule has 1 atom stereocenters. The van der Waals surface area contributed by atoms with Crippen molar-refractivity contribution in [2.45, 2.75) is 12.5 Å². The molecule has 12 heavy (non-hydrogen) atoms. The summed E-state index contributed by atoms with van der Waals surface area (Å²) in [6.07, 6.45) is 0.856. The van der Waals surface area contributed by atoms with E-state index in [2.05, 4.69) is 6.07 Å². The molecule has 0 bridgehead atoms. The first-order valence-corrected chi connectivity index (χ1v) is 4.05. The highest BCUT2D eigenvalue weighted by atomic mass is 16.5. The van der Waals surface area contributed by atoms with E-state index in [4.69, 9.17) is 10.5 Å². The van der Waals surface area contributed by atoms with Crippen LogP contribution in [0.1, 0.15) is 18.0 Å². The van der Waals surface area contributed by atoms with E-state index in [0.717, 1.165) is 12.0 Å². The van der Waals surface area contributed by atoms with E-state index < -0.39 is 0 Å². The van der Waals surface area contributed by atoms with Crippen molar-refractivity contribution in [3.63, 3.8) is 0 Å². The molecule has 0 fully saturated rings. The predicted molar refractivity (Wildman–Crippen MR) is 48.7 cm³/mol. The van der Waals surface area contributed by atoms with Gasteiger partial charge in [0.2, 0.25) is 0 Å². The van der Waals surface area contributed by atoms with E-state index in [1.165, 1.54) is 0 Å². The summed E-state index contributed by atoms with van der Waals surface area (Å²) in [6, 6.07) is 10.8. The molecule has 0 aliphatic heterocycles. The van der Waals surface area contributed by atoms with E-state index in [1.54, 1.807) is 7.11 Å². The van der Waals surface area contributed by atoms with Crippen LogP contribution in [0, 0.1) is 6.07 Å². The van der Waals surface area contributed by atoms with Gasteiger partial charge in [-0.1, -0.05) is 18.2 Å². The number of hydrogen-bond donors (Lipinski definition) is 1. The molecule has 0 heterocycles. The van der Waals surface area contributed by atoms with E-state index in [-0.39, 0.29) is 6.04 Å². The fraction of sp³-hybridized carbons (Fsp3) is 0.400. The summed E-state index contributed by atoms with van der Waals surface area (Å²) in [5.74, 6) is 0. The molecule has 0 aliphatic carbocycles. The second-order valence-electron chi connectivity index (χ2n) is 2.72. The van der Waals surface area contributed by atoms with Crippen molar-refractivity contribution < 1.29 is 4.74 Å². The second-order valence-corrected chi connectivity index (χ2v) is 2.72. The van der Waals surface area contributed by atoms with Crippen molar-refractivity contribution in [1.29, 1.82) is 0 Å². The molecule has 1 radical (unpaired) electrons. The minimum absolute atomic E-state index is 0.0717. The molecule has 65 valence electrons. The standard InChI is InChI=1S/C10H14NO/c1-12-8-7-10(11)9-5-3-2-4-6-9/h2-3,5-6,10H,7-8,11H2,1H3. The summed E-state index contributed by atoms with van der Waals surface area (Å²) >= 11 is 0. The second kappa shape index (κ2) is 4.91. The average Bonchev–Trinajstić information content (AvgIpc) is 2.15. The molecule has 2 heteroatoms. The average molecular weight is 164 g/mol. The Balaban J connectivity index is 2.48. The number of rotatable bonds is 4. The summed E-state index contributed by atoms with van der Waals surface area (Å²) in [4.78, 5) is 0. The Labute approximate surface area is 73.3 Å². The molecule has 0 saturated carbocycles. The third-order valence-corrected chi connectivity index (χ3v) is 1.79. The van der Waals surface area contributed by atoms with Crippen molar-refractivity contribution >= 4 is 0 Å². The number of hydrogen-bond acceptors (Lipinski definition) is 2. The molecule has 0 aliphatic rings. The van der Waals surface area contributed by atoms with Crippen molar-refractivity contribution in [3.8, 4) is 0 Å². The minimum Gasteiger partial charge on any atom is -0.385 e. The maximum absolute atomic E-state index is 5.88. The minimum atomic E-state index is 0.0717. The van der Waals surface area contributed by atoms with Gasteiger partial charge in [0, 0.05) is 19.8 Å². The Morgan fingerprint density at radius 2 is 2.50 bits per heavy atom. The van der Waals surface area contributed by atoms with Gasteiger partial charge in [-0.05, 0) is 24.1 Å². The topological polar surface area (TPSA) is 35.2 Å². The summed E-state index contributed by atoms with van der Waals surface area (Å²) in [6.45, 7) is 0.704. The Morgan fingerprint density at radius 1 is 1.67 bits per heavy atom. The van der Waals surface area contributed by atoms with Crippen LogP contribution in [0.5, 0.6) is 0 Å². The highest BCUT2D eigenvalue weighted by molar-refractivity contribution is 5.17. The zero-order valence-electron chi connectivity index (χ0n) is 7.29. The number of nitrogens with two attached hydrogens (primary N) is 1. The lowest BCUT2D eigenvalue weighted by Gasteiger charge is -2.10. The molecule has 0 amide bonds. The van der Waals surface area contributed by atoms with Crippen LogP contribution in [0.2, 0.25) is 0 Å². The fourth-order valence-electron chi connectivity index (χ4n) is 1.05. The number of ether oxygens (including phenoxy) is 1. The summed E-state index contributed by atoms with van der Waals surface area (Å²) in [5, 5.41) is 0. The monoisotopic (exact) mass is 164 g/mol. The first-order chi connectivity index (χ1) is 5.84. The zero-order chi connectivity index (χ0) is 8.81. The largest absolute Gasteiger partial charge is 0.385 e. The van der Waals surface area contributed by atoms with Crippen LogP contribution < -0.4 is 5.73 Å². The smallest absolute Gasteiger partial charge is 0.0480 e. The van der Waals surface area contributed by atoms with Crippen LogP contribution in [0.3, 0.4) is 0 Å². The SMILES string of the molecule is COCCC(N)c1c[c]ccc1. The molecule has 1 rings (SSSR count). The molecule has 1 unspecified atom stereocenters.